The fraction of sp³-hybridized carbons (Fsp3) is 0.522. The van der Waals surface area contributed by atoms with Crippen molar-refractivity contribution < 1.29 is 4.42 Å². The SMILES string of the molecule is Nc1ccc2ncc3c(=O)n(C4CCCCC4)c(=NC4CCCCC4)oc3c2c1. The first kappa shape index (κ1) is 18.4. The normalized spacial score (nSPS) is 19.9. The molecule has 0 radical (unpaired) electrons. The molecule has 2 N–H and O–H groups in total. The van der Waals surface area contributed by atoms with Crippen LogP contribution in [0, 0.1) is 0 Å². The lowest BCUT2D eigenvalue weighted by atomic mass is 9.95. The van der Waals surface area contributed by atoms with Crippen LogP contribution in [0.15, 0.2) is 38.6 Å². The summed E-state index contributed by atoms with van der Waals surface area (Å²) >= 11 is 0. The van der Waals surface area contributed by atoms with E-state index in [0.29, 0.717) is 22.3 Å². The molecule has 3 aromatic rings. The lowest BCUT2D eigenvalue weighted by Crippen LogP contribution is -2.38. The van der Waals surface area contributed by atoms with Crippen LogP contribution in [0.2, 0.25) is 0 Å². The van der Waals surface area contributed by atoms with E-state index in [0.717, 1.165) is 49.4 Å². The van der Waals surface area contributed by atoms with Gasteiger partial charge in [-0.1, -0.05) is 38.5 Å². The number of aromatic nitrogens is 2. The molecule has 0 spiro atoms. The average Bonchev–Trinajstić information content (AvgIpc) is 2.75. The maximum absolute atomic E-state index is 13.6. The summed E-state index contributed by atoms with van der Waals surface area (Å²) in [6, 6.07) is 5.91. The number of pyridine rings is 1. The first-order valence-corrected chi connectivity index (χ1v) is 11.0. The molecule has 2 heterocycles. The second-order valence-corrected chi connectivity index (χ2v) is 8.55. The predicted molar refractivity (Wildman–Crippen MR) is 115 cm³/mol. The second-order valence-electron chi connectivity index (χ2n) is 8.55. The van der Waals surface area contributed by atoms with Crippen LogP contribution in [0.5, 0.6) is 0 Å². The van der Waals surface area contributed by atoms with Gasteiger partial charge in [0.25, 0.3) is 5.56 Å². The van der Waals surface area contributed by atoms with Crippen LogP contribution in [0.4, 0.5) is 5.69 Å². The Hall–Kier alpha value is -2.63. The van der Waals surface area contributed by atoms with Gasteiger partial charge in [0.1, 0.15) is 5.39 Å². The van der Waals surface area contributed by atoms with Gasteiger partial charge in [-0.3, -0.25) is 14.3 Å². The van der Waals surface area contributed by atoms with Crippen molar-refractivity contribution in [3.8, 4) is 0 Å². The summed E-state index contributed by atoms with van der Waals surface area (Å²) in [6.45, 7) is 0. The van der Waals surface area contributed by atoms with Gasteiger partial charge in [0.05, 0.1) is 11.6 Å². The maximum atomic E-state index is 13.6. The molecule has 0 atom stereocenters. The Morgan fingerprint density at radius 3 is 2.48 bits per heavy atom. The van der Waals surface area contributed by atoms with E-state index in [2.05, 4.69) is 4.98 Å². The Labute approximate surface area is 169 Å². The summed E-state index contributed by atoms with van der Waals surface area (Å²) in [5.41, 5.74) is 8.41. The number of rotatable bonds is 2. The molecule has 1 aromatic carbocycles. The van der Waals surface area contributed by atoms with E-state index in [1.54, 1.807) is 6.20 Å². The van der Waals surface area contributed by atoms with Gasteiger partial charge in [0.15, 0.2) is 5.58 Å². The van der Waals surface area contributed by atoms with Crippen molar-refractivity contribution in [3.63, 3.8) is 0 Å². The Bertz CT molecular complexity index is 1170. The van der Waals surface area contributed by atoms with Crippen LogP contribution in [-0.2, 0) is 0 Å². The number of anilines is 1. The number of hydrogen-bond donors (Lipinski definition) is 1. The quantitative estimate of drug-likeness (QED) is 0.515. The Balaban J connectivity index is 1.79. The minimum atomic E-state index is -0.0375. The monoisotopic (exact) mass is 392 g/mol. The number of hydrogen-bond acceptors (Lipinski definition) is 5. The standard InChI is InChI=1S/C23H28N4O2/c24-15-11-12-20-18(13-15)21-19(14-25-20)22(28)27(17-9-5-2-6-10-17)23(29-21)26-16-7-3-1-4-8-16/h11-14,16-17H,1-10,24H2. The molecular weight excluding hydrogens is 364 g/mol. The molecule has 2 aromatic heterocycles. The zero-order valence-electron chi connectivity index (χ0n) is 16.8. The molecule has 2 fully saturated rings. The number of fused-ring (bicyclic) bond motifs is 3. The van der Waals surface area contributed by atoms with E-state index in [4.69, 9.17) is 15.1 Å². The van der Waals surface area contributed by atoms with Crippen LogP contribution in [-0.4, -0.2) is 15.6 Å². The number of nitrogens with zero attached hydrogens (tertiary/aromatic N) is 3. The zero-order chi connectivity index (χ0) is 19.8. The van der Waals surface area contributed by atoms with Crippen molar-refractivity contribution in [1.82, 2.24) is 9.55 Å². The third-order valence-electron chi connectivity index (χ3n) is 6.50. The van der Waals surface area contributed by atoms with Crippen LogP contribution in [0.1, 0.15) is 70.3 Å². The van der Waals surface area contributed by atoms with E-state index in [1.165, 1.54) is 25.7 Å². The van der Waals surface area contributed by atoms with Gasteiger partial charge >= 0.3 is 5.68 Å². The topological polar surface area (TPSA) is 86.4 Å². The lowest BCUT2D eigenvalue weighted by molar-refractivity contribution is 0.295. The highest BCUT2D eigenvalue weighted by atomic mass is 16.3. The maximum Gasteiger partial charge on any atom is 0.300 e. The summed E-state index contributed by atoms with van der Waals surface area (Å²) in [4.78, 5) is 23.1. The smallest absolute Gasteiger partial charge is 0.300 e. The van der Waals surface area contributed by atoms with Crippen molar-refractivity contribution in [2.24, 2.45) is 4.99 Å². The molecule has 0 unspecified atom stereocenters. The highest BCUT2D eigenvalue weighted by Crippen LogP contribution is 2.28. The minimum Gasteiger partial charge on any atom is -0.424 e. The zero-order valence-corrected chi connectivity index (χ0v) is 16.8. The molecule has 2 aliphatic rings. The van der Waals surface area contributed by atoms with E-state index in [1.807, 2.05) is 22.8 Å². The molecular formula is C23H28N4O2. The Morgan fingerprint density at radius 1 is 1.00 bits per heavy atom. The van der Waals surface area contributed by atoms with Gasteiger partial charge in [0.2, 0.25) is 0 Å². The lowest BCUT2D eigenvalue weighted by Gasteiger charge is -2.24. The molecule has 29 heavy (non-hydrogen) atoms. The number of benzene rings is 1. The number of nitrogen functional groups attached to an aromatic ring is 1. The molecule has 0 bridgehead atoms. The van der Waals surface area contributed by atoms with Gasteiger partial charge in [0, 0.05) is 23.3 Å². The van der Waals surface area contributed by atoms with Gasteiger partial charge in [-0.25, -0.2) is 4.99 Å². The highest BCUT2D eigenvalue weighted by Gasteiger charge is 2.22. The highest BCUT2D eigenvalue weighted by molar-refractivity contribution is 6.02. The summed E-state index contributed by atoms with van der Waals surface area (Å²) in [5, 5.41) is 1.28. The molecule has 2 saturated carbocycles. The van der Waals surface area contributed by atoms with Crippen LogP contribution >= 0.6 is 0 Å². The van der Waals surface area contributed by atoms with Gasteiger partial charge < -0.3 is 10.2 Å². The van der Waals surface area contributed by atoms with E-state index < -0.39 is 0 Å². The molecule has 6 nitrogen and oxygen atoms in total. The minimum absolute atomic E-state index is 0.0375. The van der Waals surface area contributed by atoms with Gasteiger partial charge in [-0.05, 0) is 43.9 Å². The van der Waals surface area contributed by atoms with Crippen molar-refractivity contribution in [3.05, 3.63) is 40.4 Å². The first-order valence-electron chi connectivity index (χ1n) is 11.0. The Kier molecular flexibility index (Phi) is 4.86. The predicted octanol–water partition coefficient (Wildman–Crippen LogP) is 4.46. The molecule has 0 aliphatic heterocycles. The van der Waals surface area contributed by atoms with E-state index in [9.17, 15) is 4.79 Å². The summed E-state index contributed by atoms with van der Waals surface area (Å²) in [6.07, 6.45) is 13.0. The van der Waals surface area contributed by atoms with Crippen molar-refractivity contribution in [2.75, 3.05) is 5.73 Å². The number of nitrogens with two attached hydrogens (primary N) is 1. The first-order chi connectivity index (χ1) is 14.2. The molecule has 0 saturated heterocycles. The van der Waals surface area contributed by atoms with E-state index >= 15 is 0 Å². The molecule has 5 rings (SSSR count). The fourth-order valence-electron chi connectivity index (χ4n) is 4.92. The third-order valence-corrected chi connectivity index (χ3v) is 6.50. The van der Waals surface area contributed by atoms with Crippen LogP contribution in [0.3, 0.4) is 0 Å². The Morgan fingerprint density at radius 2 is 1.72 bits per heavy atom. The fourth-order valence-corrected chi connectivity index (χ4v) is 4.92. The van der Waals surface area contributed by atoms with E-state index in [-0.39, 0.29) is 17.6 Å². The van der Waals surface area contributed by atoms with Crippen LogP contribution < -0.4 is 17.0 Å². The second kappa shape index (κ2) is 7.65. The van der Waals surface area contributed by atoms with Gasteiger partial charge in [-0.2, -0.15) is 0 Å². The average molecular weight is 393 g/mol. The van der Waals surface area contributed by atoms with Crippen molar-refractivity contribution in [2.45, 2.75) is 76.3 Å². The molecule has 152 valence electrons. The van der Waals surface area contributed by atoms with Crippen LogP contribution in [0.25, 0.3) is 21.9 Å². The summed E-state index contributed by atoms with van der Waals surface area (Å²) < 4.78 is 8.23. The molecule has 6 heteroatoms. The molecule has 2 aliphatic carbocycles. The molecule has 0 amide bonds. The third kappa shape index (κ3) is 3.45. The van der Waals surface area contributed by atoms with Crippen molar-refractivity contribution in [1.29, 1.82) is 0 Å². The van der Waals surface area contributed by atoms with Crippen molar-refractivity contribution >= 4 is 27.6 Å². The summed E-state index contributed by atoms with van der Waals surface area (Å²) in [7, 11) is 0. The van der Waals surface area contributed by atoms with Gasteiger partial charge in [-0.15, -0.1) is 0 Å². The largest absolute Gasteiger partial charge is 0.424 e. The summed E-state index contributed by atoms with van der Waals surface area (Å²) in [5.74, 6) is 0.